The second-order valence-electron chi connectivity index (χ2n) is 4.75. The van der Waals surface area contributed by atoms with Gasteiger partial charge in [-0.3, -0.25) is 4.68 Å². The molecular formula is C12H18ClN5O2S. The fourth-order valence-corrected chi connectivity index (χ4v) is 3.78. The van der Waals surface area contributed by atoms with Crippen molar-refractivity contribution < 1.29 is 8.42 Å². The molecule has 2 heterocycles. The molecule has 2 rings (SSSR count). The molecule has 0 spiro atoms. The Labute approximate surface area is 128 Å². The first-order valence-corrected chi connectivity index (χ1v) is 8.98. The van der Waals surface area contributed by atoms with Gasteiger partial charge < -0.3 is 4.57 Å². The van der Waals surface area contributed by atoms with Crippen LogP contribution in [0.3, 0.4) is 0 Å². The van der Waals surface area contributed by atoms with Crippen LogP contribution in [0.2, 0.25) is 0 Å². The number of aromatic nitrogens is 5. The maximum absolute atomic E-state index is 11.8. The van der Waals surface area contributed by atoms with Gasteiger partial charge in [0.2, 0.25) is 0 Å². The molecule has 0 saturated heterocycles. The van der Waals surface area contributed by atoms with Crippen LogP contribution >= 0.6 is 10.7 Å². The average molecular weight is 332 g/mol. The quantitative estimate of drug-likeness (QED) is 0.774. The fraction of sp³-hybridized carbons (Fsp3) is 0.583. The van der Waals surface area contributed by atoms with Crippen LogP contribution in [0.4, 0.5) is 0 Å². The van der Waals surface area contributed by atoms with Gasteiger partial charge in [-0.05, 0) is 19.8 Å². The van der Waals surface area contributed by atoms with Crippen LogP contribution in [-0.2, 0) is 35.5 Å². The van der Waals surface area contributed by atoms with Gasteiger partial charge in [0, 0.05) is 17.7 Å². The van der Waals surface area contributed by atoms with Crippen LogP contribution in [0, 0.1) is 6.92 Å². The van der Waals surface area contributed by atoms with E-state index in [1.54, 1.807) is 4.68 Å². The molecule has 0 bridgehead atoms. The molecule has 9 heteroatoms. The number of nitrogens with zero attached hydrogens (tertiary/aromatic N) is 5. The summed E-state index contributed by atoms with van der Waals surface area (Å²) in [7, 11) is 3.61. The average Bonchev–Trinajstić information content (AvgIpc) is 2.93. The molecule has 0 aromatic carbocycles. The maximum Gasteiger partial charge on any atom is 0.264 e. The van der Waals surface area contributed by atoms with Crippen LogP contribution < -0.4 is 0 Å². The van der Waals surface area contributed by atoms with E-state index in [1.807, 2.05) is 32.4 Å². The van der Waals surface area contributed by atoms with E-state index in [0.717, 1.165) is 5.82 Å². The van der Waals surface area contributed by atoms with E-state index in [0.29, 0.717) is 36.6 Å². The van der Waals surface area contributed by atoms with Crippen molar-refractivity contribution in [3.8, 4) is 0 Å². The Morgan fingerprint density at radius 3 is 2.29 bits per heavy atom. The van der Waals surface area contributed by atoms with Crippen LogP contribution in [-0.4, -0.2) is 33.0 Å². The Hall–Kier alpha value is -1.41. The summed E-state index contributed by atoms with van der Waals surface area (Å²) in [6.07, 6.45) is 1.02. The van der Waals surface area contributed by atoms with Crippen LogP contribution in [0.15, 0.2) is 4.90 Å². The summed E-state index contributed by atoms with van der Waals surface area (Å²) in [4.78, 5) is 0.132. The zero-order chi connectivity index (χ0) is 15.8. The van der Waals surface area contributed by atoms with Crippen LogP contribution in [0.5, 0.6) is 0 Å². The number of aryl methyl sites for hydroxylation is 2. The van der Waals surface area contributed by atoms with Crippen molar-refractivity contribution in [1.82, 2.24) is 24.5 Å². The minimum atomic E-state index is -3.82. The first kappa shape index (κ1) is 16.0. The van der Waals surface area contributed by atoms with Crippen LogP contribution in [0.25, 0.3) is 0 Å². The highest BCUT2D eigenvalue weighted by Crippen LogP contribution is 2.25. The molecular weight excluding hydrogens is 314 g/mol. The molecule has 0 fully saturated rings. The summed E-state index contributed by atoms with van der Waals surface area (Å²) in [6, 6.07) is 0. The minimum Gasteiger partial charge on any atom is -0.317 e. The Bertz CT molecular complexity index is 763. The lowest BCUT2D eigenvalue weighted by Crippen LogP contribution is -2.11. The monoisotopic (exact) mass is 331 g/mol. The minimum absolute atomic E-state index is 0.132. The van der Waals surface area contributed by atoms with Gasteiger partial charge >= 0.3 is 0 Å². The molecule has 0 saturated carbocycles. The summed E-state index contributed by atoms with van der Waals surface area (Å²) < 4.78 is 27.1. The van der Waals surface area contributed by atoms with Crippen molar-refractivity contribution in [1.29, 1.82) is 0 Å². The SMILES string of the molecule is CCc1nn(Cc2nnc(C)n2C)c(CC)c1S(=O)(=O)Cl. The molecule has 0 aliphatic rings. The predicted octanol–water partition coefficient (Wildman–Crippen LogP) is 1.42. The van der Waals surface area contributed by atoms with Crippen molar-refractivity contribution >= 4 is 19.7 Å². The van der Waals surface area contributed by atoms with E-state index < -0.39 is 9.05 Å². The molecule has 0 unspecified atom stereocenters. The summed E-state index contributed by atoms with van der Waals surface area (Å²) >= 11 is 0. The lowest BCUT2D eigenvalue weighted by atomic mass is 10.2. The highest BCUT2D eigenvalue weighted by molar-refractivity contribution is 8.13. The highest BCUT2D eigenvalue weighted by Gasteiger charge is 2.26. The Morgan fingerprint density at radius 1 is 1.19 bits per heavy atom. The normalized spacial score (nSPS) is 12.0. The predicted molar refractivity (Wildman–Crippen MR) is 78.9 cm³/mol. The van der Waals surface area contributed by atoms with E-state index in [2.05, 4.69) is 15.3 Å². The second-order valence-corrected chi connectivity index (χ2v) is 7.25. The van der Waals surface area contributed by atoms with Gasteiger partial charge in [-0.25, -0.2) is 8.42 Å². The molecule has 0 atom stereocenters. The molecule has 2 aromatic heterocycles. The molecule has 0 amide bonds. The third-order valence-electron chi connectivity index (χ3n) is 3.46. The van der Waals surface area contributed by atoms with Gasteiger partial charge in [0.25, 0.3) is 9.05 Å². The Morgan fingerprint density at radius 2 is 1.86 bits per heavy atom. The zero-order valence-corrected chi connectivity index (χ0v) is 14.0. The van der Waals surface area contributed by atoms with Gasteiger partial charge in [-0.15, -0.1) is 10.2 Å². The van der Waals surface area contributed by atoms with E-state index in [1.165, 1.54) is 0 Å². The molecule has 7 nitrogen and oxygen atoms in total. The topological polar surface area (TPSA) is 82.7 Å². The van der Waals surface area contributed by atoms with Crippen molar-refractivity contribution in [2.75, 3.05) is 0 Å². The number of hydrogen-bond donors (Lipinski definition) is 0. The highest BCUT2D eigenvalue weighted by atomic mass is 35.7. The summed E-state index contributed by atoms with van der Waals surface area (Å²) in [6.45, 7) is 5.94. The summed E-state index contributed by atoms with van der Waals surface area (Å²) in [5, 5.41) is 12.5. The first-order valence-electron chi connectivity index (χ1n) is 6.67. The third-order valence-corrected chi connectivity index (χ3v) is 4.89. The van der Waals surface area contributed by atoms with Crippen molar-refractivity contribution in [2.45, 2.75) is 45.1 Å². The lowest BCUT2D eigenvalue weighted by Gasteiger charge is -2.06. The summed E-state index contributed by atoms with van der Waals surface area (Å²) in [5.41, 5.74) is 1.09. The van der Waals surface area contributed by atoms with Gasteiger partial charge in [0.1, 0.15) is 17.3 Å². The van der Waals surface area contributed by atoms with Gasteiger partial charge in [0.15, 0.2) is 5.82 Å². The number of halogens is 1. The fourth-order valence-electron chi connectivity index (χ4n) is 2.24. The molecule has 0 N–H and O–H groups in total. The van der Waals surface area contributed by atoms with E-state index in [4.69, 9.17) is 10.7 Å². The van der Waals surface area contributed by atoms with Gasteiger partial charge in [0.05, 0.1) is 11.4 Å². The Balaban J connectivity index is 2.55. The molecule has 116 valence electrons. The largest absolute Gasteiger partial charge is 0.317 e. The van der Waals surface area contributed by atoms with Gasteiger partial charge in [-0.1, -0.05) is 13.8 Å². The zero-order valence-electron chi connectivity index (χ0n) is 12.5. The van der Waals surface area contributed by atoms with E-state index in [-0.39, 0.29) is 4.90 Å². The molecule has 0 radical (unpaired) electrons. The first-order chi connectivity index (χ1) is 9.79. The maximum atomic E-state index is 11.8. The summed E-state index contributed by atoms with van der Waals surface area (Å²) in [5.74, 6) is 1.50. The van der Waals surface area contributed by atoms with Gasteiger partial charge in [-0.2, -0.15) is 5.10 Å². The number of rotatable bonds is 5. The van der Waals surface area contributed by atoms with Crippen molar-refractivity contribution in [3.63, 3.8) is 0 Å². The lowest BCUT2D eigenvalue weighted by molar-refractivity contribution is 0.591. The second kappa shape index (κ2) is 5.76. The van der Waals surface area contributed by atoms with E-state index >= 15 is 0 Å². The molecule has 0 aliphatic carbocycles. The number of hydrogen-bond acceptors (Lipinski definition) is 5. The Kier molecular flexibility index (Phi) is 4.38. The third kappa shape index (κ3) is 2.96. The molecule has 2 aromatic rings. The standard InChI is InChI=1S/C12H18ClN5O2S/c1-5-9-12(21(13,19)20)10(6-2)18(16-9)7-11-15-14-8(3)17(11)4/h5-7H2,1-4H3. The van der Waals surface area contributed by atoms with Crippen molar-refractivity contribution in [2.24, 2.45) is 7.05 Å². The van der Waals surface area contributed by atoms with Crippen molar-refractivity contribution in [3.05, 3.63) is 23.0 Å². The van der Waals surface area contributed by atoms with Crippen LogP contribution in [0.1, 0.15) is 36.9 Å². The molecule has 21 heavy (non-hydrogen) atoms. The molecule has 0 aliphatic heterocycles. The van der Waals surface area contributed by atoms with E-state index in [9.17, 15) is 8.42 Å². The smallest absolute Gasteiger partial charge is 0.264 e.